The summed E-state index contributed by atoms with van der Waals surface area (Å²) in [6, 6.07) is 8.92. The highest BCUT2D eigenvalue weighted by Gasteiger charge is 2.46. The van der Waals surface area contributed by atoms with Gasteiger partial charge in [-0.05, 0) is 23.8 Å². The fraction of sp³-hybridized carbons (Fsp3) is 0.174. The largest absolute Gasteiger partial charge is 0.342 e. The number of nitrogens with zero attached hydrogens (tertiary/aromatic N) is 8. The predicted octanol–water partition coefficient (Wildman–Crippen LogP) is 4.12. The molecule has 0 atom stereocenters. The first-order chi connectivity index (χ1) is 16.4. The SMILES string of the molecule is [C-]#[N+]c1ccc2ncn(-c3nc(N4CC(F)(F)C4)c4c(n3)N(Cc3cccnc3)C(=C)N4)c2c1. The quantitative estimate of drug-likeness (QED) is 0.462. The Hall–Kier alpha value is -4.59. The highest BCUT2D eigenvalue weighted by molar-refractivity contribution is 5.88. The second-order valence-corrected chi connectivity index (χ2v) is 8.18. The monoisotopic (exact) mass is 457 g/mol. The number of hydrogen-bond acceptors (Lipinski definition) is 7. The van der Waals surface area contributed by atoms with Crippen molar-refractivity contribution in [3.8, 4) is 5.95 Å². The third kappa shape index (κ3) is 3.19. The number of benzene rings is 1. The number of anilines is 3. The van der Waals surface area contributed by atoms with Crippen LogP contribution >= 0.6 is 0 Å². The first kappa shape index (κ1) is 20.0. The van der Waals surface area contributed by atoms with E-state index in [0.717, 1.165) is 5.56 Å². The maximum Gasteiger partial charge on any atom is 0.282 e. The Morgan fingerprint density at radius 2 is 2.00 bits per heavy atom. The fourth-order valence-electron chi connectivity index (χ4n) is 4.14. The van der Waals surface area contributed by atoms with E-state index < -0.39 is 19.0 Å². The standard InChI is InChI=1S/C23H17F2N9/c1-14-29-19-20(32-11-23(24,25)12-32)30-22(31-21(19)33(14)10-15-4-3-7-27-9-15)34-13-28-17-6-5-16(26-2)8-18(17)34/h3-9,13,29H,1,10-12H2. The third-order valence-electron chi connectivity index (χ3n) is 5.79. The van der Waals surface area contributed by atoms with Gasteiger partial charge in [-0.1, -0.05) is 18.7 Å². The lowest BCUT2D eigenvalue weighted by molar-refractivity contribution is -0.0266. The molecule has 4 aromatic rings. The van der Waals surface area contributed by atoms with Crippen LogP contribution in [0.25, 0.3) is 21.8 Å². The van der Waals surface area contributed by atoms with E-state index in [9.17, 15) is 8.78 Å². The number of rotatable bonds is 4. The lowest BCUT2D eigenvalue weighted by atomic mass is 10.1. The van der Waals surface area contributed by atoms with Gasteiger partial charge < -0.3 is 15.1 Å². The number of aromatic nitrogens is 5. The lowest BCUT2D eigenvalue weighted by Gasteiger charge is -2.40. The maximum atomic E-state index is 13.7. The minimum Gasteiger partial charge on any atom is -0.342 e. The molecular weight excluding hydrogens is 440 g/mol. The van der Waals surface area contributed by atoms with Gasteiger partial charge in [0, 0.05) is 12.4 Å². The molecule has 3 aromatic heterocycles. The van der Waals surface area contributed by atoms with Crippen LogP contribution in [-0.4, -0.2) is 43.5 Å². The molecule has 2 aliphatic heterocycles. The van der Waals surface area contributed by atoms with E-state index >= 15 is 0 Å². The van der Waals surface area contributed by atoms with Crippen molar-refractivity contribution in [1.82, 2.24) is 24.5 Å². The Morgan fingerprint density at radius 1 is 1.18 bits per heavy atom. The zero-order chi connectivity index (χ0) is 23.4. The van der Waals surface area contributed by atoms with Crippen molar-refractivity contribution in [2.75, 3.05) is 28.2 Å². The average molecular weight is 457 g/mol. The first-order valence-corrected chi connectivity index (χ1v) is 10.4. The highest BCUT2D eigenvalue weighted by Crippen LogP contribution is 2.44. The van der Waals surface area contributed by atoms with Crippen molar-refractivity contribution >= 4 is 34.0 Å². The van der Waals surface area contributed by atoms with Gasteiger partial charge in [-0.15, -0.1) is 0 Å². The van der Waals surface area contributed by atoms with E-state index in [2.05, 4.69) is 31.7 Å². The topological polar surface area (TPSA) is 79.4 Å². The van der Waals surface area contributed by atoms with Gasteiger partial charge in [0.2, 0.25) is 5.95 Å². The number of hydrogen-bond donors (Lipinski definition) is 1. The molecule has 11 heteroatoms. The molecule has 0 unspecified atom stereocenters. The van der Waals surface area contributed by atoms with Crippen molar-refractivity contribution in [2.45, 2.75) is 12.5 Å². The average Bonchev–Trinajstić information content (AvgIpc) is 3.38. The highest BCUT2D eigenvalue weighted by atomic mass is 19.3. The Morgan fingerprint density at radius 3 is 2.74 bits per heavy atom. The van der Waals surface area contributed by atoms with Crippen molar-refractivity contribution in [3.63, 3.8) is 0 Å². The van der Waals surface area contributed by atoms with Crippen molar-refractivity contribution in [2.24, 2.45) is 0 Å². The minimum absolute atomic E-state index is 0.265. The number of alkyl halides is 2. The smallest absolute Gasteiger partial charge is 0.282 e. The molecule has 0 saturated carbocycles. The van der Waals surface area contributed by atoms with E-state index in [4.69, 9.17) is 11.6 Å². The van der Waals surface area contributed by atoms with E-state index in [1.54, 1.807) is 41.5 Å². The van der Waals surface area contributed by atoms with Crippen LogP contribution in [0.5, 0.6) is 0 Å². The van der Waals surface area contributed by atoms with Gasteiger partial charge >= 0.3 is 0 Å². The van der Waals surface area contributed by atoms with Gasteiger partial charge in [-0.25, -0.2) is 18.6 Å². The molecule has 1 saturated heterocycles. The molecule has 34 heavy (non-hydrogen) atoms. The molecule has 0 amide bonds. The third-order valence-corrected chi connectivity index (χ3v) is 5.79. The summed E-state index contributed by atoms with van der Waals surface area (Å²) in [5.74, 6) is -1.06. The molecule has 1 N–H and O–H groups in total. The lowest BCUT2D eigenvalue weighted by Crippen LogP contribution is -2.56. The van der Waals surface area contributed by atoms with Crippen LogP contribution in [0.3, 0.4) is 0 Å². The van der Waals surface area contributed by atoms with Gasteiger partial charge in [0.15, 0.2) is 17.3 Å². The van der Waals surface area contributed by atoms with Crippen LogP contribution < -0.4 is 15.1 Å². The molecule has 1 aromatic carbocycles. The van der Waals surface area contributed by atoms with Crippen molar-refractivity contribution in [1.29, 1.82) is 0 Å². The number of nitrogens with one attached hydrogen (secondary N) is 1. The zero-order valence-electron chi connectivity index (χ0n) is 17.8. The van der Waals surface area contributed by atoms with E-state index in [1.165, 1.54) is 4.90 Å². The number of pyridine rings is 1. The molecule has 9 nitrogen and oxygen atoms in total. The van der Waals surface area contributed by atoms with E-state index in [0.29, 0.717) is 46.4 Å². The predicted molar refractivity (Wildman–Crippen MR) is 123 cm³/mol. The summed E-state index contributed by atoms with van der Waals surface area (Å²) in [5, 5.41) is 3.18. The number of imidazole rings is 1. The first-order valence-electron chi connectivity index (χ1n) is 10.4. The molecule has 0 radical (unpaired) electrons. The van der Waals surface area contributed by atoms with Crippen LogP contribution in [0.1, 0.15) is 5.56 Å². The van der Waals surface area contributed by atoms with Gasteiger partial charge in [0.1, 0.15) is 17.8 Å². The van der Waals surface area contributed by atoms with Gasteiger partial charge in [0.25, 0.3) is 5.92 Å². The summed E-state index contributed by atoms with van der Waals surface area (Å²) in [4.78, 5) is 24.8. The molecule has 0 aliphatic carbocycles. The molecule has 5 heterocycles. The zero-order valence-corrected chi connectivity index (χ0v) is 17.8. The number of fused-ring (bicyclic) bond motifs is 2. The van der Waals surface area contributed by atoms with Crippen molar-refractivity contribution < 1.29 is 8.78 Å². The summed E-state index contributed by atoms with van der Waals surface area (Å²) in [6.45, 7) is 11.0. The molecule has 6 rings (SSSR count). The molecule has 0 spiro atoms. The Balaban J connectivity index is 1.50. The minimum atomic E-state index is -2.77. The summed E-state index contributed by atoms with van der Waals surface area (Å²) < 4.78 is 29.2. The van der Waals surface area contributed by atoms with E-state index in [-0.39, 0.29) is 5.95 Å². The van der Waals surface area contributed by atoms with Crippen LogP contribution in [-0.2, 0) is 6.54 Å². The summed E-state index contributed by atoms with van der Waals surface area (Å²) in [5.41, 5.74) is 3.23. The maximum absolute atomic E-state index is 13.7. The molecule has 168 valence electrons. The second kappa shape index (κ2) is 7.21. The van der Waals surface area contributed by atoms with Crippen LogP contribution in [0.4, 0.5) is 31.8 Å². The van der Waals surface area contributed by atoms with Gasteiger partial charge in [-0.3, -0.25) is 9.55 Å². The number of halogens is 2. The Bertz CT molecular complexity index is 1480. The molecular formula is C23H17F2N9. The second-order valence-electron chi connectivity index (χ2n) is 8.18. The molecule has 1 fully saturated rings. The Kier molecular flexibility index (Phi) is 4.25. The summed E-state index contributed by atoms with van der Waals surface area (Å²) >= 11 is 0. The molecule has 0 bridgehead atoms. The fourth-order valence-corrected chi connectivity index (χ4v) is 4.14. The Labute approximate surface area is 192 Å². The van der Waals surface area contributed by atoms with Crippen LogP contribution in [0.15, 0.2) is 61.5 Å². The van der Waals surface area contributed by atoms with Crippen LogP contribution in [0.2, 0.25) is 0 Å². The summed E-state index contributed by atoms with van der Waals surface area (Å²) in [6.07, 6.45) is 5.01. The van der Waals surface area contributed by atoms with E-state index in [1.807, 2.05) is 17.0 Å². The van der Waals surface area contributed by atoms with Crippen LogP contribution in [0, 0.1) is 6.57 Å². The van der Waals surface area contributed by atoms with Gasteiger partial charge in [-0.2, -0.15) is 9.97 Å². The summed E-state index contributed by atoms with van der Waals surface area (Å²) in [7, 11) is 0. The van der Waals surface area contributed by atoms with Gasteiger partial charge in [0.05, 0.1) is 37.2 Å². The molecule has 2 aliphatic rings. The van der Waals surface area contributed by atoms with Crippen molar-refractivity contribution in [3.05, 3.63) is 78.4 Å². The normalized spacial score (nSPS) is 16.2.